The number of pyridine rings is 1. The van der Waals surface area contributed by atoms with Crippen molar-refractivity contribution < 1.29 is 4.39 Å². The molecule has 4 heteroatoms. The molecule has 2 aromatic carbocycles. The molecule has 0 saturated heterocycles. The van der Waals surface area contributed by atoms with E-state index in [1.807, 2.05) is 26.1 Å². The van der Waals surface area contributed by atoms with Crippen LogP contribution in [0.1, 0.15) is 91.8 Å². The molecule has 1 saturated carbocycles. The van der Waals surface area contributed by atoms with Gasteiger partial charge in [-0.15, -0.1) is 12.3 Å². The van der Waals surface area contributed by atoms with Crippen LogP contribution in [0.4, 0.5) is 15.9 Å². The average Bonchev–Trinajstić information content (AvgIpc) is 3.46. The number of benzene rings is 2. The summed E-state index contributed by atoms with van der Waals surface area (Å²) < 4.78 is 11.0. The largest absolute Gasteiger partial charge is 0.399 e. The minimum atomic E-state index is -0.156. The third-order valence-electron chi connectivity index (χ3n) is 7.74. The lowest BCUT2D eigenvalue weighted by atomic mass is 9.84. The Kier molecular flexibility index (Phi) is 12.3. The van der Waals surface area contributed by atoms with Crippen LogP contribution in [0.15, 0.2) is 54.6 Å². The van der Waals surface area contributed by atoms with Crippen molar-refractivity contribution in [3.8, 4) is 12.3 Å². The fourth-order valence-electron chi connectivity index (χ4n) is 5.56. The zero-order valence-electron chi connectivity index (χ0n) is 24.8. The molecule has 0 spiro atoms. The number of terminal acetylenes is 1. The number of unbranched alkanes of at least 4 members (excludes halogenated alkanes) is 1. The number of nitrogen functional groups attached to an aromatic ring is 1. The normalized spacial score (nSPS) is 13.7. The van der Waals surface area contributed by atoms with E-state index in [0.29, 0.717) is 6.42 Å². The summed E-state index contributed by atoms with van der Waals surface area (Å²) in [5.74, 6) is 4.55. The molecule has 40 heavy (non-hydrogen) atoms. The Morgan fingerprint density at radius 3 is 2.30 bits per heavy atom. The number of hydrogen-bond donors (Lipinski definition) is 2. The zero-order valence-corrected chi connectivity index (χ0v) is 24.8. The Morgan fingerprint density at radius 1 is 1.05 bits per heavy atom. The quantitative estimate of drug-likeness (QED) is 0.199. The number of rotatable bonds is 10. The number of nitrogens with one attached hydrogen (secondary N) is 1. The standard InChI is InChI=1S/C32H37N3.C4H9F/c1-5-6-11-30(29-18-19-31(34-4)35-23(29)3)32(28-17-16-27(33)20-22(28)2)26-14-12-25(13-15-26)21-24-9-7-8-10-24;1-2-3-4-5/h1,12-20,24H,6-11,21,33H2,2-4H3,(H,34,35);2-4H2,1H3/b32-30+;. The van der Waals surface area contributed by atoms with E-state index in [1.165, 1.54) is 59.9 Å². The van der Waals surface area contributed by atoms with Gasteiger partial charge in [-0.2, -0.15) is 0 Å². The average molecular weight is 540 g/mol. The summed E-state index contributed by atoms with van der Waals surface area (Å²) in [4.78, 5) is 4.78. The van der Waals surface area contributed by atoms with E-state index in [0.717, 1.165) is 53.5 Å². The number of aromatic nitrogens is 1. The second-order valence-electron chi connectivity index (χ2n) is 10.8. The first-order valence-electron chi connectivity index (χ1n) is 14.8. The maximum Gasteiger partial charge on any atom is 0.125 e. The number of anilines is 2. The second kappa shape index (κ2) is 15.9. The van der Waals surface area contributed by atoms with Gasteiger partial charge < -0.3 is 11.1 Å². The van der Waals surface area contributed by atoms with Gasteiger partial charge in [0.1, 0.15) is 5.82 Å². The van der Waals surface area contributed by atoms with Gasteiger partial charge in [0.15, 0.2) is 0 Å². The van der Waals surface area contributed by atoms with Crippen molar-refractivity contribution in [3.05, 3.63) is 88.1 Å². The van der Waals surface area contributed by atoms with Crippen molar-refractivity contribution in [1.82, 2.24) is 4.98 Å². The minimum absolute atomic E-state index is 0.156. The molecular formula is C36H46FN3. The first-order valence-corrected chi connectivity index (χ1v) is 14.8. The Morgan fingerprint density at radius 2 is 1.75 bits per heavy atom. The summed E-state index contributed by atoms with van der Waals surface area (Å²) in [6.07, 6.45) is 15.6. The number of hydrogen-bond acceptors (Lipinski definition) is 3. The predicted octanol–water partition coefficient (Wildman–Crippen LogP) is 9.18. The number of nitrogens with two attached hydrogens (primary N) is 1. The van der Waals surface area contributed by atoms with Crippen LogP contribution < -0.4 is 11.1 Å². The second-order valence-corrected chi connectivity index (χ2v) is 10.8. The summed E-state index contributed by atoms with van der Waals surface area (Å²) in [6, 6.07) is 19.6. The van der Waals surface area contributed by atoms with Crippen LogP contribution in [0, 0.1) is 32.1 Å². The van der Waals surface area contributed by atoms with Crippen LogP contribution >= 0.6 is 0 Å². The Hall–Kier alpha value is -3.58. The number of allylic oxidation sites excluding steroid dienone is 1. The van der Waals surface area contributed by atoms with E-state index in [4.69, 9.17) is 17.1 Å². The number of alkyl halides is 1. The fourth-order valence-corrected chi connectivity index (χ4v) is 5.56. The van der Waals surface area contributed by atoms with Crippen molar-refractivity contribution in [2.24, 2.45) is 5.92 Å². The molecule has 1 aliphatic carbocycles. The molecule has 4 rings (SSSR count). The molecule has 1 aliphatic rings. The number of nitrogens with zero attached hydrogens (tertiary/aromatic N) is 1. The molecule has 0 atom stereocenters. The Labute approximate surface area is 241 Å². The van der Waals surface area contributed by atoms with Crippen molar-refractivity contribution in [3.63, 3.8) is 0 Å². The molecule has 0 aliphatic heterocycles. The van der Waals surface area contributed by atoms with Crippen molar-refractivity contribution in [1.29, 1.82) is 0 Å². The number of halogens is 1. The molecule has 1 fully saturated rings. The first kappa shape index (κ1) is 31.0. The molecule has 0 radical (unpaired) electrons. The Balaban J connectivity index is 0.000000810. The van der Waals surface area contributed by atoms with Crippen molar-refractivity contribution >= 4 is 22.7 Å². The van der Waals surface area contributed by atoms with Gasteiger partial charge in [-0.3, -0.25) is 4.39 Å². The highest BCUT2D eigenvalue weighted by Crippen LogP contribution is 2.38. The highest BCUT2D eigenvalue weighted by molar-refractivity contribution is 6.00. The molecule has 0 amide bonds. The number of aryl methyl sites for hydroxylation is 2. The third-order valence-corrected chi connectivity index (χ3v) is 7.74. The topological polar surface area (TPSA) is 50.9 Å². The SMILES string of the molecule is C#CCC/C(=C(/c1ccc(CC2CCCC2)cc1)c1ccc(N)cc1C)c1ccc(NC)nc1C.CCCCF. The molecule has 1 heterocycles. The molecular weight excluding hydrogens is 493 g/mol. The van der Waals surface area contributed by atoms with E-state index in [2.05, 4.69) is 67.5 Å². The van der Waals surface area contributed by atoms with E-state index in [9.17, 15) is 4.39 Å². The molecule has 3 aromatic rings. The lowest BCUT2D eigenvalue weighted by Gasteiger charge is -2.20. The Bertz CT molecular complexity index is 1290. The van der Waals surface area contributed by atoms with Gasteiger partial charge in [0.2, 0.25) is 0 Å². The van der Waals surface area contributed by atoms with Crippen molar-refractivity contribution in [2.45, 2.75) is 78.6 Å². The summed E-state index contributed by atoms with van der Waals surface area (Å²) in [5.41, 5.74) is 16.5. The maximum absolute atomic E-state index is 11.0. The van der Waals surface area contributed by atoms with Gasteiger partial charge in [-0.05, 0) is 102 Å². The van der Waals surface area contributed by atoms with E-state index in [-0.39, 0.29) is 6.67 Å². The van der Waals surface area contributed by atoms with Gasteiger partial charge in [-0.1, -0.05) is 69.4 Å². The van der Waals surface area contributed by atoms with Gasteiger partial charge in [0, 0.05) is 24.8 Å². The monoisotopic (exact) mass is 539 g/mol. The summed E-state index contributed by atoms with van der Waals surface area (Å²) >= 11 is 0. The summed E-state index contributed by atoms with van der Waals surface area (Å²) in [7, 11) is 1.90. The van der Waals surface area contributed by atoms with Gasteiger partial charge >= 0.3 is 0 Å². The van der Waals surface area contributed by atoms with E-state index >= 15 is 0 Å². The fraction of sp³-hybridized carbons (Fsp3) is 0.417. The van der Waals surface area contributed by atoms with Gasteiger partial charge in [-0.25, -0.2) is 4.98 Å². The predicted molar refractivity (Wildman–Crippen MR) is 171 cm³/mol. The van der Waals surface area contributed by atoms with Crippen LogP contribution in [0.5, 0.6) is 0 Å². The maximum atomic E-state index is 11.0. The summed E-state index contributed by atoms with van der Waals surface area (Å²) in [6.45, 7) is 6.02. The molecule has 1 aromatic heterocycles. The first-order chi connectivity index (χ1) is 19.4. The minimum Gasteiger partial charge on any atom is -0.399 e. The van der Waals surface area contributed by atoms with Crippen LogP contribution in [0.3, 0.4) is 0 Å². The van der Waals surface area contributed by atoms with Crippen LogP contribution in [-0.2, 0) is 6.42 Å². The molecule has 212 valence electrons. The van der Waals surface area contributed by atoms with E-state index in [1.54, 1.807) is 0 Å². The molecule has 3 N–H and O–H groups in total. The van der Waals surface area contributed by atoms with Crippen molar-refractivity contribution in [2.75, 3.05) is 24.8 Å². The zero-order chi connectivity index (χ0) is 28.9. The lowest BCUT2D eigenvalue weighted by molar-refractivity contribution is 0.469. The van der Waals surface area contributed by atoms with Crippen LogP contribution in [0.2, 0.25) is 0 Å². The molecule has 0 unspecified atom stereocenters. The lowest BCUT2D eigenvalue weighted by Crippen LogP contribution is -2.03. The summed E-state index contributed by atoms with van der Waals surface area (Å²) in [5, 5.41) is 3.15. The van der Waals surface area contributed by atoms with E-state index < -0.39 is 0 Å². The molecule has 0 bridgehead atoms. The third kappa shape index (κ3) is 8.46. The van der Waals surface area contributed by atoms with Crippen LogP contribution in [0.25, 0.3) is 11.1 Å². The molecule has 3 nitrogen and oxygen atoms in total. The highest BCUT2D eigenvalue weighted by Gasteiger charge is 2.19. The smallest absolute Gasteiger partial charge is 0.125 e. The van der Waals surface area contributed by atoms with Gasteiger partial charge in [0.05, 0.1) is 6.67 Å². The highest BCUT2D eigenvalue weighted by atomic mass is 19.1. The van der Waals surface area contributed by atoms with Gasteiger partial charge in [0.25, 0.3) is 0 Å². The van der Waals surface area contributed by atoms with Crippen LogP contribution in [-0.4, -0.2) is 18.7 Å².